The Hall–Kier alpha value is -2.90. The van der Waals surface area contributed by atoms with Crippen LogP contribution in [0.5, 0.6) is 5.75 Å². The van der Waals surface area contributed by atoms with Crippen LogP contribution >= 0.6 is 12.2 Å². The van der Waals surface area contributed by atoms with Crippen molar-refractivity contribution in [1.82, 2.24) is 14.9 Å². The highest BCUT2D eigenvalue weighted by Gasteiger charge is 2.41. The molecule has 2 aromatic heterocycles. The fourth-order valence-electron chi connectivity index (χ4n) is 3.77. The molecule has 0 aliphatic carbocycles. The SMILES string of the molecule is COCCn1cccc1[C@H]1[C@H](c2ccccn2)NC(=S)N1c1ccc(OC)cc1. The first-order valence-electron chi connectivity index (χ1n) is 9.51. The molecule has 1 N–H and O–H groups in total. The van der Waals surface area contributed by atoms with E-state index in [0.29, 0.717) is 11.7 Å². The van der Waals surface area contributed by atoms with E-state index in [-0.39, 0.29) is 12.1 Å². The zero-order valence-electron chi connectivity index (χ0n) is 16.5. The molecule has 150 valence electrons. The van der Waals surface area contributed by atoms with Gasteiger partial charge in [0.05, 0.1) is 25.5 Å². The highest BCUT2D eigenvalue weighted by Crippen LogP contribution is 2.41. The molecular formula is C22H24N4O2S. The number of benzene rings is 1. The Kier molecular flexibility index (Phi) is 5.78. The molecule has 1 aromatic carbocycles. The third-order valence-electron chi connectivity index (χ3n) is 5.15. The van der Waals surface area contributed by atoms with E-state index in [1.165, 1.54) is 0 Å². The maximum Gasteiger partial charge on any atom is 0.174 e. The monoisotopic (exact) mass is 408 g/mol. The van der Waals surface area contributed by atoms with Crippen LogP contribution in [0.2, 0.25) is 0 Å². The number of aromatic nitrogens is 2. The van der Waals surface area contributed by atoms with Crippen molar-refractivity contribution in [3.63, 3.8) is 0 Å². The average Bonchev–Trinajstić information content (AvgIpc) is 3.36. The predicted octanol–water partition coefficient (Wildman–Crippen LogP) is 3.72. The average molecular weight is 409 g/mol. The number of rotatable bonds is 7. The van der Waals surface area contributed by atoms with Crippen LogP contribution < -0.4 is 15.0 Å². The van der Waals surface area contributed by atoms with Crippen molar-refractivity contribution in [2.24, 2.45) is 0 Å². The molecule has 4 rings (SSSR count). The minimum Gasteiger partial charge on any atom is -0.497 e. The molecule has 29 heavy (non-hydrogen) atoms. The first kappa shape index (κ1) is 19.4. The molecule has 0 amide bonds. The Balaban J connectivity index is 1.78. The van der Waals surface area contributed by atoms with Gasteiger partial charge in [-0.05, 0) is 60.7 Å². The lowest BCUT2D eigenvalue weighted by atomic mass is 10.0. The van der Waals surface area contributed by atoms with Crippen LogP contribution in [0, 0.1) is 0 Å². The lowest BCUT2D eigenvalue weighted by molar-refractivity contribution is 0.186. The topological polar surface area (TPSA) is 51.5 Å². The summed E-state index contributed by atoms with van der Waals surface area (Å²) in [7, 11) is 3.38. The molecule has 2 atom stereocenters. The number of nitrogens with zero attached hydrogens (tertiary/aromatic N) is 3. The van der Waals surface area contributed by atoms with Crippen molar-refractivity contribution in [1.29, 1.82) is 0 Å². The zero-order chi connectivity index (χ0) is 20.2. The maximum atomic E-state index is 5.76. The lowest BCUT2D eigenvalue weighted by Crippen LogP contribution is -2.30. The largest absolute Gasteiger partial charge is 0.497 e. The van der Waals surface area contributed by atoms with Gasteiger partial charge in [0.15, 0.2) is 5.11 Å². The van der Waals surface area contributed by atoms with Crippen molar-refractivity contribution in [2.45, 2.75) is 18.6 Å². The number of pyridine rings is 1. The summed E-state index contributed by atoms with van der Waals surface area (Å²) in [6.45, 7) is 1.41. The number of hydrogen-bond donors (Lipinski definition) is 1. The Bertz CT molecular complexity index is 958. The van der Waals surface area contributed by atoms with Crippen molar-refractivity contribution in [2.75, 3.05) is 25.7 Å². The van der Waals surface area contributed by atoms with Gasteiger partial charge >= 0.3 is 0 Å². The van der Waals surface area contributed by atoms with Crippen LogP contribution in [0.15, 0.2) is 67.0 Å². The molecule has 0 spiro atoms. The van der Waals surface area contributed by atoms with E-state index in [1.807, 2.05) is 48.7 Å². The van der Waals surface area contributed by atoms with Crippen molar-refractivity contribution in [3.05, 3.63) is 78.4 Å². The van der Waals surface area contributed by atoms with Gasteiger partial charge in [0.1, 0.15) is 11.8 Å². The molecule has 0 bridgehead atoms. The Labute approximate surface area is 176 Å². The smallest absolute Gasteiger partial charge is 0.174 e. The first-order valence-corrected chi connectivity index (χ1v) is 9.92. The fourth-order valence-corrected chi connectivity index (χ4v) is 4.11. The Morgan fingerprint density at radius 3 is 2.59 bits per heavy atom. The van der Waals surface area contributed by atoms with E-state index in [9.17, 15) is 0 Å². The van der Waals surface area contributed by atoms with E-state index in [1.54, 1.807) is 14.2 Å². The van der Waals surface area contributed by atoms with Crippen LogP contribution in [0.4, 0.5) is 5.69 Å². The van der Waals surface area contributed by atoms with Gasteiger partial charge in [-0.1, -0.05) is 6.07 Å². The van der Waals surface area contributed by atoms with Gasteiger partial charge in [0, 0.05) is 37.4 Å². The summed E-state index contributed by atoms with van der Waals surface area (Å²) < 4.78 is 12.8. The molecule has 1 aliphatic heterocycles. The van der Waals surface area contributed by atoms with E-state index >= 15 is 0 Å². The van der Waals surface area contributed by atoms with E-state index in [4.69, 9.17) is 21.7 Å². The van der Waals surface area contributed by atoms with Crippen molar-refractivity contribution < 1.29 is 9.47 Å². The maximum absolute atomic E-state index is 5.76. The lowest BCUT2D eigenvalue weighted by Gasteiger charge is -2.29. The van der Waals surface area contributed by atoms with Crippen LogP contribution in [0.25, 0.3) is 0 Å². The molecule has 1 saturated heterocycles. The minimum atomic E-state index is -0.0676. The van der Waals surface area contributed by atoms with Crippen molar-refractivity contribution >= 4 is 23.0 Å². The number of nitrogens with one attached hydrogen (secondary N) is 1. The summed E-state index contributed by atoms with van der Waals surface area (Å²) in [6, 6.07) is 18.0. The second kappa shape index (κ2) is 8.63. The molecule has 3 heterocycles. The summed E-state index contributed by atoms with van der Waals surface area (Å²) in [4.78, 5) is 6.76. The summed E-state index contributed by atoms with van der Waals surface area (Å²) in [5.74, 6) is 0.813. The fraction of sp³-hybridized carbons (Fsp3) is 0.273. The number of ether oxygens (including phenoxy) is 2. The van der Waals surface area contributed by atoms with Gasteiger partial charge < -0.3 is 24.3 Å². The van der Waals surface area contributed by atoms with Gasteiger partial charge in [-0.15, -0.1) is 0 Å². The number of thiocarbonyl (C=S) groups is 1. The van der Waals surface area contributed by atoms with Crippen LogP contribution in [-0.2, 0) is 11.3 Å². The van der Waals surface area contributed by atoms with Gasteiger partial charge in [-0.2, -0.15) is 0 Å². The number of anilines is 1. The van der Waals surface area contributed by atoms with Crippen LogP contribution in [0.1, 0.15) is 23.5 Å². The first-order chi connectivity index (χ1) is 14.2. The number of hydrogen-bond acceptors (Lipinski definition) is 4. The normalized spacial score (nSPS) is 18.7. The van der Waals surface area contributed by atoms with Gasteiger partial charge in [0.2, 0.25) is 0 Å². The third kappa shape index (κ3) is 3.83. The van der Waals surface area contributed by atoms with Gasteiger partial charge in [-0.3, -0.25) is 4.98 Å². The summed E-state index contributed by atoms with van der Waals surface area (Å²) in [5, 5.41) is 4.16. The standard InChI is InChI=1S/C22H24N4O2S/c1-27-15-14-25-13-5-7-19(25)21-20(18-6-3-4-12-23-18)24-22(29)26(21)16-8-10-17(28-2)11-9-16/h3-13,20-21H,14-15H2,1-2H3,(H,24,29)/t20-,21-/m0/s1. The molecule has 0 radical (unpaired) electrons. The molecule has 0 saturated carbocycles. The molecule has 7 heteroatoms. The molecular weight excluding hydrogens is 384 g/mol. The molecule has 3 aromatic rings. The zero-order valence-corrected chi connectivity index (χ0v) is 17.3. The van der Waals surface area contributed by atoms with E-state index in [0.717, 1.165) is 29.4 Å². The highest BCUT2D eigenvalue weighted by molar-refractivity contribution is 7.80. The predicted molar refractivity (Wildman–Crippen MR) is 117 cm³/mol. The molecule has 1 fully saturated rings. The third-order valence-corrected chi connectivity index (χ3v) is 5.47. The molecule has 6 nitrogen and oxygen atoms in total. The Morgan fingerprint density at radius 2 is 1.90 bits per heavy atom. The molecule has 1 aliphatic rings. The van der Waals surface area contributed by atoms with Crippen LogP contribution in [-0.4, -0.2) is 35.5 Å². The second-order valence-electron chi connectivity index (χ2n) is 6.81. The van der Waals surface area contributed by atoms with Gasteiger partial charge in [0.25, 0.3) is 0 Å². The van der Waals surface area contributed by atoms with Crippen molar-refractivity contribution in [3.8, 4) is 5.75 Å². The van der Waals surface area contributed by atoms with E-state index in [2.05, 4.69) is 38.1 Å². The molecule has 0 unspecified atom stereocenters. The summed E-state index contributed by atoms with van der Waals surface area (Å²) in [5.41, 5.74) is 3.11. The second-order valence-corrected chi connectivity index (χ2v) is 7.20. The van der Waals surface area contributed by atoms with Gasteiger partial charge in [-0.25, -0.2) is 0 Å². The summed E-state index contributed by atoms with van der Waals surface area (Å²) in [6.07, 6.45) is 3.90. The highest BCUT2D eigenvalue weighted by atomic mass is 32.1. The number of methoxy groups -OCH3 is 2. The summed E-state index contributed by atoms with van der Waals surface area (Å²) >= 11 is 5.76. The quantitative estimate of drug-likeness (QED) is 0.602. The van der Waals surface area contributed by atoms with E-state index < -0.39 is 0 Å². The van der Waals surface area contributed by atoms with Crippen LogP contribution in [0.3, 0.4) is 0 Å². The minimum absolute atomic E-state index is 0.0438. The Morgan fingerprint density at radius 1 is 1.07 bits per heavy atom.